The zero-order valence-corrected chi connectivity index (χ0v) is 20.8. The minimum absolute atomic E-state index is 0.0176. The summed E-state index contributed by atoms with van der Waals surface area (Å²) in [5.41, 5.74) is 15.1. The third-order valence-corrected chi connectivity index (χ3v) is 7.19. The smallest absolute Gasteiger partial charge is 0.242 e. The first kappa shape index (κ1) is 23.9. The van der Waals surface area contributed by atoms with Crippen molar-refractivity contribution in [2.75, 3.05) is 24.6 Å². The largest absolute Gasteiger partial charge is 0.391 e. The maximum atomic E-state index is 13.6. The number of fused-ring (bicyclic) bond motifs is 2. The number of aryl methyl sites for hydroxylation is 3. The van der Waals surface area contributed by atoms with Gasteiger partial charge in [-0.05, 0) is 51.0 Å². The quantitative estimate of drug-likeness (QED) is 0.322. The first-order valence-electron chi connectivity index (χ1n) is 11.8. The topological polar surface area (TPSA) is 174 Å². The van der Waals surface area contributed by atoms with Gasteiger partial charge in [0.05, 0.1) is 35.1 Å². The van der Waals surface area contributed by atoms with Crippen LogP contribution in [-0.2, 0) is 11.3 Å². The first-order chi connectivity index (χ1) is 16.9. The van der Waals surface area contributed by atoms with Crippen LogP contribution in [0.15, 0.2) is 18.5 Å². The molecule has 3 aromatic heterocycles. The average Bonchev–Trinajstić information content (AvgIpc) is 3.28. The highest BCUT2D eigenvalue weighted by Crippen LogP contribution is 2.34. The number of nitrogens with zero attached hydrogens (tertiary/aromatic N) is 7. The maximum Gasteiger partial charge on any atom is 0.242 e. The van der Waals surface area contributed by atoms with Crippen molar-refractivity contribution in [3.05, 3.63) is 35.4 Å². The number of nitrogens with two attached hydrogens (primary N) is 2. The number of amides is 1. The molecule has 0 saturated carbocycles. The lowest BCUT2D eigenvalue weighted by molar-refractivity contribution is -0.133. The summed E-state index contributed by atoms with van der Waals surface area (Å²) in [4.78, 5) is 32.3. The molecule has 190 valence electrons. The monoisotopic (exact) mass is 493 g/mol. The van der Waals surface area contributed by atoms with Gasteiger partial charge in [-0.3, -0.25) is 4.79 Å². The number of β-amino-alcohol motifs (C(OH)–C–C–N with tert-alkyl or cyclic N) is 1. The van der Waals surface area contributed by atoms with Gasteiger partial charge in [0, 0.05) is 19.5 Å². The third kappa shape index (κ3) is 4.01. The molecule has 5 rings (SSSR count). The number of hydrogen-bond acceptors (Lipinski definition) is 9. The third-order valence-electron chi connectivity index (χ3n) is 7.19. The van der Waals surface area contributed by atoms with Crippen LogP contribution in [0.2, 0.25) is 0 Å². The summed E-state index contributed by atoms with van der Waals surface area (Å²) >= 11 is 0. The molecule has 12 heteroatoms. The molecule has 0 bridgehead atoms. The Morgan fingerprint density at radius 1 is 1.14 bits per heavy atom. The number of likely N-dealkylation sites (tertiary alicyclic amines) is 1. The van der Waals surface area contributed by atoms with Gasteiger partial charge in [-0.15, -0.1) is 0 Å². The van der Waals surface area contributed by atoms with E-state index >= 15 is 0 Å². The summed E-state index contributed by atoms with van der Waals surface area (Å²) in [6, 6.07) is 3.39. The molecule has 3 atom stereocenters. The highest BCUT2D eigenvalue weighted by Gasteiger charge is 2.42. The van der Waals surface area contributed by atoms with Crippen LogP contribution in [-0.4, -0.2) is 74.9 Å². The van der Waals surface area contributed by atoms with E-state index in [2.05, 4.69) is 19.9 Å². The Balaban J connectivity index is 1.51. The summed E-state index contributed by atoms with van der Waals surface area (Å²) in [5.74, 6) is 0.641. The fraction of sp³-hybridized carbons (Fsp3) is 0.458. The fourth-order valence-electron chi connectivity index (χ4n) is 5.12. The van der Waals surface area contributed by atoms with Crippen LogP contribution in [0.3, 0.4) is 0 Å². The van der Waals surface area contributed by atoms with Gasteiger partial charge in [0.1, 0.15) is 17.9 Å². The number of benzene rings is 1. The van der Waals surface area contributed by atoms with Crippen molar-refractivity contribution in [1.29, 1.82) is 0 Å². The molecule has 0 radical (unpaired) electrons. The number of nitrogen functional groups attached to an aromatic ring is 2. The van der Waals surface area contributed by atoms with Crippen LogP contribution in [0.4, 0.5) is 11.8 Å². The van der Waals surface area contributed by atoms with Crippen molar-refractivity contribution >= 4 is 39.9 Å². The van der Waals surface area contributed by atoms with Gasteiger partial charge < -0.3 is 35.7 Å². The molecule has 1 amide bonds. The molecule has 0 unspecified atom stereocenters. The number of carbonyl (C=O) groups excluding carboxylic acids is 1. The van der Waals surface area contributed by atoms with Crippen molar-refractivity contribution in [1.82, 2.24) is 34.0 Å². The molecule has 1 aliphatic rings. The molecule has 1 saturated heterocycles. The van der Waals surface area contributed by atoms with Crippen LogP contribution in [0.1, 0.15) is 36.3 Å². The predicted octanol–water partition coefficient (Wildman–Crippen LogP) is 0.851. The summed E-state index contributed by atoms with van der Waals surface area (Å²) in [7, 11) is 0. The Labute approximate surface area is 207 Å². The summed E-state index contributed by atoms with van der Waals surface area (Å²) < 4.78 is 3.54. The number of rotatable bonds is 3. The normalized spacial score (nSPS) is 22.9. The van der Waals surface area contributed by atoms with Crippen molar-refractivity contribution in [3.8, 4) is 0 Å². The SMILES string of the molecule is Cc1cc2nc(C)n(CC(=O)N3C[C@@H](O)C[C@@](C)(O)[C@H](n4cnc5c(N)nc(N)nc54)C3)c2cc1C. The molecule has 0 spiro atoms. The molecule has 12 nitrogen and oxygen atoms in total. The Morgan fingerprint density at radius 3 is 2.61 bits per heavy atom. The number of hydrogen-bond donors (Lipinski definition) is 4. The summed E-state index contributed by atoms with van der Waals surface area (Å²) in [6.07, 6.45) is 0.648. The van der Waals surface area contributed by atoms with Gasteiger partial charge in [0.25, 0.3) is 0 Å². The molecular formula is C24H31N9O3. The van der Waals surface area contributed by atoms with Crippen molar-refractivity contribution < 1.29 is 15.0 Å². The van der Waals surface area contributed by atoms with Crippen LogP contribution in [0, 0.1) is 20.8 Å². The zero-order chi connectivity index (χ0) is 25.9. The minimum Gasteiger partial charge on any atom is -0.391 e. The fourth-order valence-corrected chi connectivity index (χ4v) is 5.12. The summed E-state index contributed by atoms with van der Waals surface area (Å²) in [5, 5.41) is 22.1. The summed E-state index contributed by atoms with van der Waals surface area (Å²) in [6.45, 7) is 7.83. The van der Waals surface area contributed by atoms with Crippen LogP contribution in [0.25, 0.3) is 22.2 Å². The molecular weight excluding hydrogens is 462 g/mol. The van der Waals surface area contributed by atoms with Gasteiger partial charge >= 0.3 is 0 Å². The van der Waals surface area contributed by atoms with Crippen molar-refractivity contribution in [3.63, 3.8) is 0 Å². The number of imidazole rings is 2. The highest BCUT2D eigenvalue weighted by atomic mass is 16.3. The van der Waals surface area contributed by atoms with E-state index in [0.29, 0.717) is 11.2 Å². The van der Waals surface area contributed by atoms with Crippen LogP contribution in [0.5, 0.6) is 0 Å². The van der Waals surface area contributed by atoms with E-state index in [-0.39, 0.29) is 43.7 Å². The first-order valence-corrected chi connectivity index (χ1v) is 11.8. The van der Waals surface area contributed by atoms with Gasteiger partial charge in [0.15, 0.2) is 11.5 Å². The van der Waals surface area contributed by atoms with E-state index in [0.717, 1.165) is 28.0 Å². The average molecular weight is 494 g/mol. The van der Waals surface area contributed by atoms with Gasteiger partial charge in [0.2, 0.25) is 11.9 Å². The van der Waals surface area contributed by atoms with E-state index in [1.807, 2.05) is 37.5 Å². The second-order valence-electron chi connectivity index (χ2n) is 9.99. The molecule has 6 N–H and O–H groups in total. The van der Waals surface area contributed by atoms with E-state index in [1.165, 1.54) is 6.33 Å². The number of aliphatic hydroxyl groups excluding tert-OH is 1. The molecule has 1 aliphatic heterocycles. The number of aliphatic hydroxyl groups is 2. The Kier molecular flexibility index (Phi) is 5.60. The minimum atomic E-state index is -1.37. The van der Waals surface area contributed by atoms with Crippen molar-refractivity contribution in [2.24, 2.45) is 0 Å². The van der Waals surface area contributed by atoms with Gasteiger partial charge in [-0.2, -0.15) is 9.97 Å². The van der Waals surface area contributed by atoms with Gasteiger partial charge in [-0.25, -0.2) is 9.97 Å². The van der Waals surface area contributed by atoms with Crippen LogP contribution < -0.4 is 11.5 Å². The maximum absolute atomic E-state index is 13.6. The lowest BCUT2D eigenvalue weighted by Crippen LogP contribution is -2.43. The molecule has 4 aromatic rings. The number of aromatic nitrogens is 6. The van der Waals surface area contributed by atoms with E-state index in [4.69, 9.17) is 11.5 Å². The molecule has 1 fully saturated rings. The molecule has 1 aromatic carbocycles. The lowest BCUT2D eigenvalue weighted by Gasteiger charge is -2.34. The number of anilines is 2. The number of carbonyl (C=O) groups is 1. The highest BCUT2D eigenvalue weighted by molar-refractivity contribution is 5.83. The second kappa shape index (κ2) is 8.42. The molecule has 0 aliphatic carbocycles. The zero-order valence-electron chi connectivity index (χ0n) is 20.8. The van der Waals surface area contributed by atoms with Gasteiger partial charge in [-0.1, -0.05) is 0 Å². The molecule has 4 heterocycles. The lowest BCUT2D eigenvalue weighted by atomic mass is 9.91. The Hall–Kier alpha value is -3.77. The van der Waals surface area contributed by atoms with Crippen molar-refractivity contribution in [2.45, 2.75) is 58.4 Å². The predicted molar refractivity (Wildman–Crippen MR) is 135 cm³/mol. The Morgan fingerprint density at radius 2 is 1.86 bits per heavy atom. The van der Waals surface area contributed by atoms with E-state index in [9.17, 15) is 15.0 Å². The standard InChI is InChI=1S/C24H31N9O3/c1-12-5-16-17(6-13(12)2)32(14(3)28-16)10-19(35)31-8-15(34)7-24(4,36)18(9-31)33-11-27-20-21(25)29-23(26)30-22(20)33/h5-6,11,15,18,34,36H,7-10H2,1-4H3,(H4,25,26,29,30)/t15-,18+,24+/m0/s1. The molecule has 36 heavy (non-hydrogen) atoms. The van der Waals surface area contributed by atoms with E-state index < -0.39 is 17.7 Å². The van der Waals surface area contributed by atoms with Crippen LogP contribution >= 0.6 is 0 Å². The van der Waals surface area contributed by atoms with E-state index in [1.54, 1.807) is 16.4 Å². The Bertz CT molecular complexity index is 1490. The second-order valence-corrected chi connectivity index (χ2v) is 9.99.